The first-order valence-corrected chi connectivity index (χ1v) is 6.53. The van der Waals surface area contributed by atoms with Gasteiger partial charge in [-0.2, -0.15) is 0 Å². The van der Waals surface area contributed by atoms with Crippen molar-refractivity contribution in [3.8, 4) is 11.8 Å². The molecule has 0 saturated heterocycles. The smallest absolute Gasteiger partial charge is 0.321 e. The van der Waals surface area contributed by atoms with E-state index in [-0.39, 0.29) is 11.8 Å². The van der Waals surface area contributed by atoms with Crippen LogP contribution in [-0.4, -0.2) is 16.0 Å². The standard InChI is InChI=1S/C15H18FN3O/c1-10(2)17-7-12-8-18-15(19-9-12)20-13-5-4-11(3)14(16)6-13/h4-6,8-10,17H,7H2,1-3H3. The highest BCUT2D eigenvalue weighted by Crippen LogP contribution is 2.20. The summed E-state index contributed by atoms with van der Waals surface area (Å²) in [5.74, 6) is 0.0846. The van der Waals surface area contributed by atoms with Crippen LogP contribution in [0.1, 0.15) is 25.0 Å². The Morgan fingerprint density at radius 1 is 1.25 bits per heavy atom. The second-order valence-corrected chi connectivity index (χ2v) is 4.92. The van der Waals surface area contributed by atoms with Gasteiger partial charge in [0.2, 0.25) is 0 Å². The summed E-state index contributed by atoms with van der Waals surface area (Å²) in [7, 11) is 0. The van der Waals surface area contributed by atoms with Gasteiger partial charge in [0.15, 0.2) is 0 Å². The molecule has 0 fully saturated rings. The Balaban J connectivity index is 2.01. The number of ether oxygens (including phenoxy) is 1. The largest absolute Gasteiger partial charge is 0.424 e. The van der Waals surface area contributed by atoms with Crippen molar-refractivity contribution in [3.05, 3.63) is 47.5 Å². The summed E-state index contributed by atoms with van der Waals surface area (Å²) in [5.41, 5.74) is 1.55. The topological polar surface area (TPSA) is 47.0 Å². The molecule has 1 aromatic heterocycles. The Labute approximate surface area is 118 Å². The number of rotatable bonds is 5. The number of halogens is 1. The summed E-state index contributed by atoms with van der Waals surface area (Å²) < 4.78 is 18.8. The molecular formula is C15H18FN3O. The Morgan fingerprint density at radius 3 is 2.55 bits per heavy atom. The molecule has 0 aliphatic rings. The Hall–Kier alpha value is -2.01. The SMILES string of the molecule is Cc1ccc(Oc2ncc(CNC(C)C)cn2)cc1F. The first kappa shape index (κ1) is 14.4. The number of nitrogens with one attached hydrogen (secondary N) is 1. The van der Waals surface area contributed by atoms with Gasteiger partial charge in [-0.1, -0.05) is 19.9 Å². The van der Waals surface area contributed by atoms with Crippen LogP contribution in [-0.2, 0) is 6.54 Å². The lowest BCUT2D eigenvalue weighted by Gasteiger charge is -2.08. The molecule has 0 saturated carbocycles. The van der Waals surface area contributed by atoms with Crippen molar-refractivity contribution in [2.75, 3.05) is 0 Å². The van der Waals surface area contributed by atoms with Crippen molar-refractivity contribution < 1.29 is 9.13 Å². The maximum atomic E-state index is 13.4. The lowest BCUT2D eigenvalue weighted by atomic mass is 10.2. The van der Waals surface area contributed by atoms with Gasteiger partial charge in [-0.05, 0) is 18.6 Å². The van der Waals surface area contributed by atoms with Crippen LogP contribution in [0.4, 0.5) is 4.39 Å². The highest BCUT2D eigenvalue weighted by molar-refractivity contribution is 5.29. The van der Waals surface area contributed by atoms with Crippen molar-refractivity contribution in [2.24, 2.45) is 0 Å². The normalized spacial score (nSPS) is 10.8. The fourth-order valence-corrected chi connectivity index (χ4v) is 1.55. The minimum atomic E-state index is -0.305. The minimum absolute atomic E-state index is 0.210. The van der Waals surface area contributed by atoms with Crippen LogP contribution in [0.5, 0.6) is 11.8 Å². The van der Waals surface area contributed by atoms with Crippen molar-refractivity contribution in [1.29, 1.82) is 0 Å². The molecule has 5 heteroatoms. The predicted octanol–water partition coefficient (Wildman–Crippen LogP) is 3.21. The molecule has 0 radical (unpaired) electrons. The van der Waals surface area contributed by atoms with Gasteiger partial charge in [-0.25, -0.2) is 14.4 Å². The predicted molar refractivity (Wildman–Crippen MR) is 75.2 cm³/mol. The monoisotopic (exact) mass is 275 g/mol. The highest BCUT2D eigenvalue weighted by Gasteiger charge is 2.04. The van der Waals surface area contributed by atoms with E-state index in [1.54, 1.807) is 31.5 Å². The molecule has 2 rings (SSSR count). The summed E-state index contributed by atoms with van der Waals surface area (Å²) in [6, 6.07) is 5.29. The molecule has 0 spiro atoms. The molecule has 106 valence electrons. The van der Waals surface area contributed by atoms with Crippen LogP contribution in [0.25, 0.3) is 0 Å². The van der Waals surface area contributed by atoms with Crippen molar-refractivity contribution in [2.45, 2.75) is 33.4 Å². The van der Waals surface area contributed by atoms with Crippen molar-refractivity contribution in [1.82, 2.24) is 15.3 Å². The number of benzene rings is 1. The van der Waals surface area contributed by atoms with Gasteiger partial charge in [0, 0.05) is 36.6 Å². The Kier molecular flexibility index (Phi) is 4.63. The van der Waals surface area contributed by atoms with Crippen LogP contribution in [0, 0.1) is 12.7 Å². The second kappa shape index (κ2) is 6.43. The fraction of sp³-hybridized carbons (Fsp3) is 0.333. The first-order chi connectivity index (χ1) is 9.54. The third-order valence-corrected chi connectivity index (χ3v) is 2.75. The molecule has 1 N–H and O–H groups in total. The van der Waals surface area contributed by atoms with E-state index in [2.05, 4.69) is 29.1 Å². The van der Waals surface area contributed by atoms with Crippen LogP contribution in [0.15, 0.2) is 30.6 Å². The first-order valence-electron chi connectivity index (χ1n) is 6.53. The summed E-state index contributed by atoms with van der Waals surface area (Å²) in [6.07, 6.45) is 3.39. The number of hydrogen-bond acceptors (Lipinski definition) is 4. The van der Waals surface area contributed by atoms with Gasteiger partial charge < -0.3 is 10.1 Å². The van der Waals surface area contributed by atoms with E-state index in [4.69, 9.17) is 4.74 Å². The van der Waals surface area contributed by atoms with Crippen LogP contribution in [0.2, 0.25) is 0 Å². The number of aryl methyl sites for hydroxylation is 1. The lowest BCUT2D eigenvalue weighted by molar-refractivity contribution is 0.436. The molecule has 4 nitrogen and oxygen atoms in total. The van der Waals surface area contributed by atoms with Crippen molar-refractivity contribution >= 4 is 0 Å². The van der Waals surface area contributed by atoms with Gasteiger partial charge in [-0.15, -0.1) is 0 Å². The van der Waals surface area contributed by atoms with Crippen LogP contribution < -0.4 is 10.1 Å². The maximum Gasteiger partial charge on any atom is 0.321 e. The zero-order valence-corrected chi connectivity index (χ0v) is 11.9. The van der Waals surface area contributed by atoms with E-state index in [0.717, 1.165) is 5.56 Å². The molecule has 0 unspecified atom stereocenters. The Morgan fingerprint density at radius 2 is 1.95 bits per heavy atom. The van der Waals surface area contributed by atoms with Gasteiger partial charge in [0.1, 0.15) is 11.6 Å². The van der Waals surface area contributed by atoms with E-state index in [0.29, 0.717) is 23.9 Å². The summed E-state index contributed by atoms with van der Waals surface area (Å²) in [4.78, 5) is 8.22. The fourth-order valence-electron chi connectivity index (χ4n) is 1.55. The quantitative estimate of drug-likeness (QED) is 0.910. The number of nitrogens with zero attached hydrogens (tertiary/aromatic N) is 2. The maximum absolute atomic E-state index is 13.4. The van der Waals surface area contributed by atoms with E-state index in [1.165, 1.54) is 6.07 Å². The molecule has 1 heterocycles. The molecular weight excluding hydrogens is 257 g/mol. The van der Waals surface area contributed by atoms with Crippen molar-refractivity contribution in [3.63, 3.8) is 0 Å². The second-order valence-electron chi connectivity index (χ2n) is 4.92. The van der Waals surface area contributed by atoms with E-state index < -0.39 is 0 Å². The zero-order valence-electron chi connectivity index (χ0n) is 11.9. The average molecular weight is 275 g/mol. The summed E-state index contributed by atoms with van der Waals surface area (Å²) >= 11 is 0. The number of aromatic nitrogens is 2. The average Bonchev–Trinajstić information content (AvgIpc) is 2.42. The van der Waals surface area contributed by atoms with E-state index >= 15 is 0 Å². The van der Waals surface area contributed by atoms with Crippen LogP contribution in [0.3, 0.4) is 0 Å². The molecule has 0 bridgehead atoms. The Bertz CT molecular complexity index is 570. The lowest BCUT2D eigenvalue weighted by Crippen LogP contribution is -2.21. The van der Waals surface area contributed by atoms with Gasteiger partial charge in [0.25, 0.3) is 0 Å². The molecule has 2 aromatic rings. The minimum Gasteiger partial charge on any atom is -0.424 e. The van der Waals surface area contributed by atoms with Gasteiger partial charge in [0.05, 0.1) is 0 Å². The van der Waals surface area contributed by atoms with Crippen LogP contribution >= 0.6 is 0 Å². The van der Waals surface area contributed by atoms with Gasteiger partial charge >= 0.3 is 6.01 Å². The van der Waals surface area contributed by atoms with Gasteiger partial charge in [-0.3, -0.25) is 0 Å². The summed E-state index contributed by atoms with van der Waals surface area (Å²) in [6.45, 7) is 6.55. The molecule has 1 aromatic carbocycles. The molecule has 0 aliphatic carbocycles. The molecule has 20 heavy (non-hydrogen) atoms. The summed E-state index contributed by atoms with van der Waals surface area (Å²) in [5, 5.41) is 3.27. The molecule has 0 amide bonds. The molecule has 0 atom stereocenters. The number of hydrogen-bond donors (Lipinski definition) is 1. The van der Waals surface area contributed by atoms with E-state index in [1.807, 2.05) is 0 Å². The molecule has 0 aliphatic heterocycles. The van der Waals surface area contributed by atoms with E-state index in [9.17, 15) is 4.39 Å². The third-order valence-electron chi connectivity index (χ3n) is 2.75. The third kappa shape index (κ3) is 3.99. The zero-order chi connectivity index (χ0) is 14.5. The highest BCUT2D eigenvalue weighted by atomic mass is 19.1.